The van der Waals surface area contributed by atoms with E-state index in [-0.39, 0.29) is 11.8 Å². The van der Waals surface area contributed by atoms with Crippen molar-refractivity contribution in [2.75, 3.05) is 32.1 Å². The summed E-state index contributed by atoms with van der Waals surface area (Å²) in [6.45, 7) is 1.55. The fourth-order valence-corrected chi connectivity index (χ4v) is 3.87. The molecule has 1 saturated heterocycles. The maximum absolute atomic E-state index is 12.1. The molecule has 1 fully saturated rings. The van der Waals surface area contributed by atoms with E-state index in [4.69, 9.17) is 4.74 Å². The number of rotatable bonds is 4. The Labute approximate surface area is 164 Å². The molecule has 0 spiro atoms. The highest BCUT2D eigenvalue weighted by Crippen LogP contribution is 2.33. The first-order chi connectivity index (χ1) is 13.7. The van der Waals surface area contributed by atoms with Gasteiger partial charge in [0.25, 0.3) is 0 Å². The lowest BCUT2D eigenvalue weighted by molar-refractivity contribution is -0.124. The smallest absolute Gasteiger partial charge is 0.224 e. The SMILES string of the molecule is CNC(=O)[C@@H]1CCCN(c2nnc(-c3ccc(OC)cc3)c3ccccc23)C1. The zero-order chi connectivity index (χ0) is 19.5. The van der Waals surface area contributed by atoms with Crippen molar-refractivity contribution in [1.82, 2.24) is 15.5 Å². The number of aromatic nitrogens is 2. The van der Waals surface area contributed by atoms with Crippen molar-refractivity contribution < 1.29 is 9.53 Å². The number of benzene rings is 2. The number of hydrogen-bond donors (Lipinski definition) is 1. The van der Waals surface area contributed by atoms with Gasteiger partial charge in [0, 0.05) is 36.5 Å². The van der Waals surface area contributed by atoms with Crippen LogP contribution in [0.1, 0.15) is 12.8 Å². The third-order valence-electron chi connectivity index (χ3n) is 5.37. The lowest BCUT2D eigenvalue weighted by Crippen LogP contribution is -2.42. The first-order valence-corrected chi connectivity index (χ1v) is 9.57. The standard InChI is InChI=1S/C22H24N4O2/c1-23-22(27)16-6-5-13-26(14-16)21-19-8-4-3-7-18(19)20(24-25-21)15-9-11-17(28-2)12-10-15/h3-4,7-12,16H,5-6,13-14H2,1-2H3,(H,23,27)/t16-/m1/s1. The van der Waals surface area contributed by atoms with Crippen molar-refractivity contribution in [1.29, 1.82) is 0 Å². The lowest BCUT2D eigenvalue weighted by atomic mass is 9.96. The highest BCUT2D eigenvalue weighted by molar-refractivity contribution is 6.00. The van der Waals surface area contributed by atoms with Crippen molar-refractivity contribution in [3.63, 3.8) is 0 Å². The van der Waals surface area contributed by atoms with Crippen LogP contribution in [-0.4, -0.2) is 43.4 Å². The van der Waals surface area contributed by atoms with Gasteiger partial charge in [-0.2, -0.15) is 0 Å². The molecule has 0 unspecified atom stereocenters. The minimum absolute atomic E-state index is 0.0134. The van der Waals surface area contributed by atoms with Crippen LogP contribution in [0.15, 0.2) is 48.5 Å². The van der Waals surface area contributed by atoms with Gasteiger partial charge in [0.2, 0.25) is 5.91 Å². The summed E-state index contributed by atoms with van der Waals surface area (Å²) in [5.41, 5.74) is 1.85. The highest BCUT2D eigenvalue weighted by Gasteiger charge is 2.27. The minimum Gasteiger partial charge on any atom is -0.497 e. The first kappa shape index (κ1) is 18.2. The molecule has 0 saturated carbocycles. The molecule has 3 aromatic rings. The van der Waals surface area contributed by atoms with Gasteiger partial charge < -0.3 is 15.0 Å². The van der Waals surface area contributed by atoms with Crippen LogP contribution >= 0.6 is 0 Å². The molecule has 0 aliphatic carbocycles. The number of carbonyl (C=O) groups is 1. The Kier molecular flexibility index (Phi) is 5.10. The van der Waals surface area contributed by atoms with E-state index in [1.54, 1.807) is 14.2 Å². The predicted octanol–water partition coefficient (Wildman–Crippen LogP) is 3.27. The second-order valence-electron chi connectivity index (χ2n) is 7.05. The van der Waals surface area contributed by atoms with Gasteiger partial charge in [-0.3, -0.25) is 4.79 Å². The van der Waals surface area contributed by atoms with Gasteiger partial charge in [0.15, 0.2) is 5.82 Å². The Bertz CT molecular complexity index is 987. The molecule has 1 aliphatic rings. The van der Waals surface area contributed by atoms with E-state index in [1.165, 1.54) is 0 Å². The zero-order valence-electron chi connectivity index (χ0n) is 16.2. The molecule has 6 heteroatoms. The average molecular weight is 376 g/mol. The van der Waals surface area contributed by atoms with Gasteiger partial charge in [-0.1, -0.05) is 24.3 Å². The number of nitrogens with one attached hydrogen (secondary N) is 1. The van der Waals surface area contributed by atoms with Crippen molar-refractivity contribution in [2.24, 2.45) is 5.92 Å². The summed E-state index contributed by atoms with van der Waals surface area (Å²) in [5, 5.41) is 14.0. The second-order valence-corrected chi connectivity index (χ2v) is 7.05. The van der Waals surface area contributed by atoms with Crippen molar-refractivity contribution in [2.45, 2.75) is 12.8 Å². The summed E-state index contributed by atoms with van der Waals surface area (Å²) >= 11 is 0. The molecule has 28 heavy (non-hydrogen) atoms. The maximum atomic E-state index is 12.1. The van der Waals surface area contributed by atoms with Crippen LogP contribution in [0.2, 0.25) is 0 Å². The Morgan fingerprint density at radius 3 is 2.57 bits per heavy atom. The maximum Gasteiger partial charge on any atom is 0.224 e. The lowest BCUT2D eigenvalue weighted by Gasteiger charge is -2.33. The van der Waals surface area contributed by atoms with Crippen LogP contribution in [0.4, 0.5) is 5.82 Å². The highest BCUT2D eigenvalue weighted by atomic mass is 16.5. The van der Waals surface area contributed by atoms with E-state index in [2.05, 4.69) is 32.5 Å². The fraction of sp³-hybridized carbons (Fsp3) is 0.318. The summed E-state index contributed by atoms with van der Waals surface area (Å²) in [6.07, 6.45) is 1.87. The normalized spacial score (nSPS) is 16.8. The van der Waals surface area contributed by atoms with E-state index in [1.807, 2.05) is 36.4 Å². The number of nitrogens with zero attached hydrogens (tertiary/aromatic N) is 3. The van der Waals surface area contributed by atoms with E-state index in [0.717, 1.165) is 53.0 Å². The Hall–Kier alpha value is -3.15. The molecule has 0 radical (unpaired) electrons. The topological polar surface area (TPSA) is 67.4 Å². The molecular formula is C22H24N4O2. The fourth-order valence-electron chi connectivity index (χ4n) is 3.87. The average Bonchev–Trinajstić information content (AvgIpc) is 2.78. The number of fused-ring (bicyclic) bond motifs is 1. The molecular weight excluding hydrogens is 352 g/mol. The quantitative estimate of drug-likeness (QED) is 0.757. The largest absolute Gasteiger partial charge is 0.497 e. The Balaban J connectivity index is 1.74. The molecule has 2 heterocycles. The number of anilines is 1. The van der Waals surface area contributed by atoms with Crippen LogP contribution in [0.3, 0.4) is 0 Å². The third kappa shape index (κ3) is 3.38. The number of methoxy groups -OCH3 is 1. The number of amides is 1. The van der Waals surface area contributed by atoms with Crippen LogP contribution in [0.25, 0.3) is 22.0 Å². The van der Waals surface area contributed by atoms with Crippen molar-refractivity contribution >= 4 is 22.5 Å². The predicted molar refractivity (Wildman–Crippen MR) is 111 cm³/mol. The summed E-state index contributed by atoms with van der Waals surface area (Å²) < 4.78 is 5.25. The molecule has 1 aromatic heterocycles. The van der Waals surface area contributed by atoms with E-state index in [9.17, 15) is 4.79 Å². The summed E-state index contributed by atoms with van der Waals surface area (Å²) in [5.74, 6) is 1.74. The monoisotopic (exact) mass is 376 g/mol. The molecule has 0 bridgehead atoms. The Morgan fingerprint density at radius 2 is 1.86 bits per heavy atom. The number of ether oxygens (including phenoxy) is 1. The number of hydrogen-bond acceptors (Lipinski definition) is 5. The molecule has 1 amide bonds. The summed E-state index contributed by atoms with van der Waals surface area (Å²) in [6, 6.07) is 16.0. The second kappa shape index (κ2) is 7.84. The van der Waals surface area contributed by atoms with Crippen molar-refractivity contribution in [3.8, 4) is 17.0 Å². The molecule has 1 N–H and O–H groups in total. The van der Waals surface area contributed by atoms with Gasteiger partial charge in [0.1, 0.15) is 11.4 Å². The first-order valence-electron chi connectivity index (χ1n) is 9.57. The van der Waals surface area contributed by atoms with Crippen LogP contribution in [0, 0.1) is 5.92 Å². The molecule has 4 rings (SSSR count). The van der Waals surface area contributed by atoms with E-state index in [0.29, 0.717) is 6.54 Å². The van der Waals surface area contributed by atoms with Crippen LogP contribution in [0.5, 0.6) is 5.75 Å². The van der Waals surface area contributed by atoms with E-state index >= 15 is 0 Å². The van der Waals surface area contributed by atoms with Gasteiger partial charge in [-0.25, -0.2) is 0 Å². The summed E-state index contributed by atoms with van der Waals surface area (Å²) in [7, 11) is 3.35. The molecule has 144 valence electrons. The molecule has 1 aliphatic heterocycles. The van der Waals surface area contributed by atoms with Gasteiger partial charge in [0.05, 0.1) is 13.0 Å². The van der Waals surface area contributed by atoms with Crippen LogP contribution in [-0.2, 0) is 4.79 Å². The number of piperidine rings is 1. The van der Waals surface area contributed by atoms with Gasteiger partial charge in [-0.15, -0.1) is 10.2 Å². The third-order valence-corrected chi connectivity index (χ3v) is 5.37. The van der Waals surface area contributed by atoms with Crippen LogP contribution < -0.4 is 15.0 Å². The van der Waals surface area contributed by atoms with Crippen molar-refractivity contribution in [3.05, 3.63) is 48.5 Å². The minimum atomic E-state index is -0.0134. The summed E-state index contributed by atoms with van der Waals surface area (Å²) in [4.78, 5) is 14.3. The molecule has 6 nitrogen and oxygen atoms in total. The van der Waals surface area contributed by atoms with Gasteiger partial charge >= 0.3 is 0 Å². The Morgan fingerprint density at radius 1 is 1.11 bits per heavy atom. The zero-order valence-corrected chi connectivity index (χ0v) is 16.2. The number of carbonyl (C=O) groups excluding carboxylic acids is 1. The molecule has 2 aromatic carbocycles. The molecule has 1 atom stereocenters. The van der Waals surface area contributed by atoms with E-state index < -0.39 is 0 Å². The van der Waals surface area contributed by atoms with Gasteiger partial charge in [-0.05, 0) is 37.1 Å².